The lowest BCUT2D eigenvalue weighted by atomic mass is 10.1. The SMILES string of the molecule is C=CCC=CCC=CCCCCCCCCCC(=O)O. The standard InChI is InChI=1S/C18H30O2/c1-2-3-4-5-6-7-8-9-10-11-12-13-14-15-16-17-18(19)20/h2,4-5,7-8H,1,3,6,9-17H2,(H,19,20). The first kappa shape index (κ1) is 18.7. The molecule has 114 valence electrons. The summed E-state index contributed by atoms with van der Waals surface area (Å²) in [5.41, 5.74) is 0. The van der Waals surface area contributed by atoms with Crippen LogP contribution in [0.3, 0.4) is 0 Å². The summed E-state index contributed by atoms with van der Waals surface area (Å²) in [5.74, 6) is -0.670. The molecule has 0 heterocycles. The maximum absolute atomic E-state index is 10.3. The van der Waals surface area contributed by atoms with Crippen LogP contribution >= 0.6 is 0 Å². The smallest absolute Gasteiger partial charge is 0.303 e. The first-order valence-electron chi connectivity index (χ1n) is 7.90. The van der Waals surface area contributed by atoms with Crippen molar-refractivity contribution in [3.05, 3.63) is 37.0 Å². The van der Waals surface area contributed by atoms with Gasteiger partial charge in [-0.05, 0) is 32.1 Å². The summed E-state index contributed by atoms with van der Waals surface area (Å²) in [7, 11) is 0. The molecular weight excluding hydrogens is 248 g/mol. The quantitative estimate of drug-likeness (QED) is 0.329. The first-order chi connectivity index (χ1) is 9.77. The van der Waals surface area contributed by atoms with Gasteiger partial charge in [-0.3, -0.25) is 4.79 Å². The second-order valence-corrected chi connectivity index (χ2v) is 5.11. The molecule has 20 heavy (non-hydrogen) atoms. The molecule has 0 saturated heterocycles. The molecule has 1 N–H and O–H groups in total. The first-order valence-corrected chi connectivity index (χ1v) is 7.90. The van der Waals surface area contributed by atoms with Gasteiger partial charge in [0.15, 0.2) is 0 Å². The summed E-state index contributed by atoms with van der Waals surface area (Å²) in [6.07, 6.45) is 22.3. The maximum atomic E-state index is 10.3. The van der Waals surface area contributed by atoms with Crippen molar-refractivity contribution in [2.24, 2.45) is 0 Å². The van der Waals surface area contributed by atoms with Crippen LogP contribution in [0.25, 0.3) is 0 Å². The van der Waals surface area contributed by atoms with Crippen molar-refractivity contribution in [3.63, 3.8) is 0 Å². The van der Waals surface area contributed by atoms with Gasteiger partial charge in [0.2, 0.25) is 0 Å². The highest BCUT2D eigenvalue weighted by Crippen LogP contribution is 2.10. The third-order valence-electron chi connectivity index (χ3n) is 3.17. The molecule has 0 unspecified atom stereocenters. The van der Waals surface area contributed by atoms with Crippen LogP contribution in [0, 0.1) is 0 Å². The Labute approximate surface area is 124 Å². The molecule has 0 aliphatic carbocycles. The van der Waals surface area contributed by atoms with Crippen LogP contribution in [-0.4, -0.2) is 11.1 Å². The Balaban J connectivity index is 3.14. The van der Waals surface area contributed by atoms with Gasteiger partial charge in [0.25, 0.3) is 0 Å². The number of carboxylic acid groups (broad SMARTS) is 1. The van der Waals surface area contributed by atoms with Gasteiger partial charge in [-0.1, -0.05) is 62.5 Å². The monoisotopic (exact) mass is 278 g/mol. The molecule has 0 aromatic heterocycles. The average Bonchev–Trinajstić information content (AvgIpc) is 2.43. The number of unbranched alkanes of at least 4 members (excludes halogenated alkanes) is 7. The highest BCUT2D eigenvalue weighted by atomic mass is 16.4. The van der Waals surface area contributed by atoms with Crippen molar-refractivity contribution in [1.82, 2.24) is 0 Å². The van der Waals surface area contributed by atoms with Gasteiger partial charge in [-0.25, -0.2) is 0 Å². The Morgan fingerprint density at radius 2 is 1.35 bits per heavy atom. The molecule has 2 heteroatoms. The predicted octanol–water partition coefficient (Wildman–Crippen LogP) is 5.66. The molecular formula is C18H30O2. The summed E-state index contributed by atoms with van der Waals surface area (Å²) in [5, 5.41) is 8.50. The second kappa shape index (κ2) is 15.7. The zero-order chi connectivity index (χ0) is 14.9. The van der Waals surface area contributed by atoms with Gasteiger partial charge in [-0.15, -0.1) is 6.58 Å². The fraction of sp³-hybridized carbons (Fsp3) is 0.611. The third-order valence-corrected chi connectivity index (χ3v) is 3.17. The molecule has 0 amide bonds. The topological polar surface area (TPSA) is 37.3 Å². The molecule has 2 nitrogen and oxygen atoms in total. The van der Waals surface area contributed by atoms with E-state index < -0.39 is 5.97 Å². The summed E-state index contributed by atoms with van der Waals surface area (Å²) < 4.78 is 0. The molecule has 0 bridgehead atoms. The molecule has 0 rings (SSSR count). The number of allylic oxidation sites excluding steroid dienone is 5. The normalized spacial score (nSPS) is 11.4. The lowest BCUT2D eigenvalue weighted by molar-refractivity contribution is -0.137. The zero-order valence-electron chi connectivity index (χ0n) is 12.7. The number of rotatable bonds is 14. The molecule has 0 aliphatic heterocycles. The highest BCUT2D eigenvalue weighted by Gasteiger charge is 1.96. The molecule has 0 spiro atoms. The van der Waals surface area contributed by atoms with Crippen molar-refractivity contribution in [2.75, 3.05) is 0 Å². The van der Waals surface area contributed by atoms with E-state index in [2.05, 4.69) is 30.9 Å². The van der Waals surface area contributed by atoms with E-state index in [1.54, 1.807) is 0 Å². The lowest BCUT2D eigenvalue weighted by Crippen LogP contribution is -1.93. The number of aliphatic carboxylic acids is 1. The minimum absolute atomic E-state index is 0.325. The second-order valence-electron chi connectivity index (χ2n) is 5.11. The van der Waals surface area contributed by atoms with Gasteiger partial charge in [0.05, 0.1) is 0 Å². The molecule has 0 atom stereocenters. The van der Waals surface area contributed by atoms with Crippen LogP contribution < -0.4 is 0 Å². The summed E-state index contributed by atoms with van der Waals surface area (Å²) in [4.78, 5) is 10.3. The van der Waals surface area contributed by atoms with Gasteiger partial charge < -0.3 is 5.11 Å². The Morgan fingerprint density at radius 3 is 2.00 bits per heavy atom. The van der Waals surface area contributed by atoms with Crippen LogP contribution in [0.15, 0.2) is 37.0 Å². The molecule has 0 radical (unpaired) electrons. The van der Waals surface area contributed by atoms with Gasteiger partial charge in [0.1, 0.15) is 0 Å². The van der Waals surface area contributed by atoms with E-state index >= 15 is 0 Å². The van der Waals surface area contributed by atoms with Crippen LogP contribution in [0.1, 0.15) is 70.6 Å². The van der Waals surface area contributed by atoms with E-state index in [4.69, 9.17) is 5.11 Å². The molecule has 0 aromatic rings. The summed E-state index contributed by atoms with van der Waals surface area (Å²) in [6, 6.07) is 0. The minimum Gasteiger partial charge on any atom is -0.481 e. The molecule has 0 fully saturated rings. The molecule has 0 saturated carbocycles. The third kappa shape index (κ3) is 16.7. The van der Waals surface area contributed by atoms with E-state index in [9.17, 15) is 4.79 Å². The Bertz CT molecular complexity index is 290. The molecule has 0 aromatic carbocycles. The van der Waals surface area contributed by atoms with E-state index in [-0.39, 0.29) is 0 Å². The van der Waals surface area contributed by atoms with Crippen molar-refractivity contribution >= 4 is 5.97 Å². The average molecular weight is 278 g/mol. The fourth-order valence-corrected chi connectivity index (χ4v) is 2.00. The van der Waals surface area contributed by atoms with Crippen LogP contribution in [0.4, 0.5) is 0 Å². The Kier molecular flexibility index (Phi) is 14.7. The molecule has 0 aliphatic rings. The Morgan fingerprint density at radius 1 is 0.800 bits per heavy atom. The van der Waals surface area contributed by atoms with E-state index in [0.717, 1.165) is 25.7 Å². The zero-order valence-corrected chi connectivity index (χ0v) is 12.7. The van der Waals surface area contributed by atoms with Crippen LogP contribution in [0.2, 0.25) is 0 Å². The van der Waals surface area contributed by atoms with Crippen LogP contribution in [-0.2, 0) is 4.79 Å². The number of hydrogen-bond donors (Lipinski definition) is 1. The van der Waals surface area contributed by atoms with E-state index in [1.807, 2.05) is 6.08 Å². The fourth-order valence-electron chi connectivity index (χ4n) is 2.00. The van der Waals surface area contributed by atoms with E-state index in [1.165, 1.54) is 38.5 Å². The highest BCUT2D eigenvalue weighted by molar-refractivity contribution is 5.66. The minimum atomic E-state index is -0.670. The van der Waals surface area contributed by atoms with Crippen molar-refractivity contribution in [3.8, 4) is 0 Å². The van der Waals surface area contributed by atoms with Gasteiger partial charge >= 0.3 is 5.97 Å². The Hall–Kier alpha value is -1.31. The summed E-state index contributed by atoms with van der Waals surface area (Å²) >= 11 is 0. The number of hydrogen-bond acceptors (Lipinski definition) is 1. The van der Waals surface area contributed by atoms with Gasteiger partial charge in [0, 0.05) is 6.42 Å². The maximum Gasteiger partial charge on any atom is 0.303 e. The van der Waals surface area contributed by atoms with Gasteiger partial charge in [-0.2, -0.15) is 0 Å². The van der Waals surface area contributed by atoms with Crippen molar-refractivity contribution in [2.45, 2.75) is 70.6 Å². The van der Waals surface area contributed by atoms with Crippen molar-refractivity contribution < 1.29 is 9.90 Å². The predicted molar refractivity (Wildman–Crippen MR) is 86.9 cm³/mol. The largest absolute Gasteiger partial charge is 0.481 e. The summed E-state index contributed by atoms with van der Waals surface area (Å²) in [6.45, 7) is 3.67. The van der Waals surface area contributed by atoms with Crippen molar-refractivity contribution in [1.29, 1.82) is 0 Å². The number of carboxylic acids is 1. The lowest BCUT2D eigenvalue weighted by Gasteiger charge is -2.00. The number of carbonyl (C=O) groups is 1. The van der Waals surface area contributed by atoms with Crippen LogP contribution in [0.5, 0.6) is 0 Å². The van der Waals surface area contributed by atoms with E-state index in [0.29, 0.717) is 6.42 Å².